The Bertz CT molecular complexity index is 1020. The second-order valence-corrected chi connectivity index (χ2v) is 6.59. The van der Waals surface area contributed by atoms with Gasteiger partial charge in [-0.3, -0.25) is 9.59 Å². The summed E-state index contributed by atoms with van der Waals surface area (Å²) in [5.74, 6) is -13.4. The molecule has 0 aliphatic rings. The van der Waals surface area contributed by atoms with E-state index in [4.69, 9.17) is 0 Å². The van der Waals surface area contributed by atoms with Crippen LogP contribution in [0.1, 0.15) is 20.7 Å². The number of methoxy groups -OCH3 is 1. The molecule has 1 amide bonds. The molecular formula is C18H11F6NO4S. The summed E-state index contributed by atoms with van der Waals surface area (Å²) < 4.78 is 84.3. The number of esters is 1. The summed E-state index contributed by atoms with van der Waals surface area (Å²) in [7, 11) is 0.932. The summed E-state index contributed by atoms with van der Waals surface area (Å²) in [5.41, 5.74) is -1.74. The lowest BCUT2D eigenvalue weighted by atomic mass is 10.1. The molecule has 0 heterocycles. The summed E-state index contributed by atoms with van der Waals surface area (Å²) in [5, 5.41) is 0.867. The molecule has 0 fully saturated rings. The van der Waals surface area contributed by atoms with E-state index in [0.717, 1.165) is 7.11 Å². The Kier molecular flexibility index (Phi) is 7.48. The van der Waals surface area contributed by atoms with E-state index in [9.17, 15) is 40.7 Å². The highest BCUT2D eigenvalue weighted by Gasteiger charge is 2.27. The van der Waals surface area contributed by atoms with Crippen molar-refractivity contribution < 1.29 is 45.5 Å². The van der Waals surface area contributed by atoms with Gasteiger partial charge in [0, 0.05) is 5.75 Å². The molecule has 0 aliphatic carbocycles. The number of carbonyl (C=O) groups excluding carboxylic acids is 3. The van der Waals surface area contributed by atoms with Gasteiger partial charge in [-0.25, -0.2) is 31.1 Å². The second-order valence-electron chi connectivity index (χ2n) is 5.59. The van der Waals surface area contributed by atoms with E-state index in [0.29, 0.717) is 24.3 Å². The van der Waals surface area contributed by atoms with Crippen LogP contribution in [-0.2, 0) is 9.53 Å². The number of ether oxygens (including phenoxy) is 1. The molecule has 0 saturated carbocycles. The summed E-state index contributed by atoms with van der Waals surface area (Å²) >= 11 is 0.246. The first-order chi connectivity index (χ1) is 14.1. The van der Waals surface area contributed by atoms with E-state index in [1.54, 1.807) is 0 Å². The fourth-order valence-electron chi connectivity index (χ4n) is 2.17. The maximum atomic E-state index is 13.7. The minimum absolute atomic E-state index is 0.246. The number of amides is 1. The van der Waals surface area contributed by atoms with E-state index >= 15 is 0 Å². The fraction of sp³-hybridized carbons (Fsp3) is 0.167. The average Bonchev–Trinajstić information content (AvgIpc) is 2.72. The number of benzene rings is 2. The molecule has 0 bridgehead atoms. The molecule has 0 unspecified atom stereocenters. The quantitative estimate of drug-likeness (QED) is 0.414. The van der Waals surface area contributed by atoms with E-state index in [2.05, 4.69) is 4.74 Å². The SMILES string of the molecule is COC(=O)[C@H](CSC(=O)c1ccc(F)c(F)c1F)NC(=O)c1ccc(F)c(F)c1F. The van der Waals surface area contributed by atoms with Crippen LogP contribution >= 0.6 is 11.8 Å². The first-order valence-corrected chi connectivity index (χ1v) is 8.89. The molecule has 2 aromatic carbocycles. The summed E-state index contributed by atoms with van der Waals surface area (Å²) in [4.78, 5) is 36.0. The van der Waals surface area contributed by atoms with Gasteiger partial charge in [-0.2, -0.15) is 0 Å². The third kappa shape index (κ3) is 4.93. The Labute approximate surface area is 169 Å². The van der Waals surface area contributed by atoms with Crippen molar-refractivity contribution in [3.8, 4) is 0 Å². The van der Waals surface area contributed by atoms with Gasteiger partial charge in [-0.05, 0) is 24.3 Å². The van der Waals surface area contributed by atoms with Crippen molar-refractivity contribution in [3.63, 3.8) is 0 Å². The maximum absolute atomic E-state index is 13.7. The highest BCUT2D eigenvalue weighted by atomic mass is 32.2. The number of hydrogen-bond donors (Lipinski definition) is 1. The Morgan fingerprint density at radius 1 is 0.867 bits per heavy atom. The molecule has 0 saturated heterocycles. The van der Waals surface area contributed by atoms with E-state index in [1.165, 1.54) is 0 Å². The zero-order chi connectivity index (χ0) is 22.6. The number of halogens is 6. The van der Waals surface area contributed by atoms with Gasteiger partial charge in [0.05, 0.1) is 18.2 Å². The van der Waals surface area contributed by atoms with Gasteiger partial charge in [0.15, 0.2) is 34.9 Å². The van der Waals surface area contributed by atoms with Crippen LogP contribution in [0.3, 0.4) is 0 Å². The van der Waals surface area contributed by atoms with Crippen molar-refractivity contribution in [1.29, 1.82) is 0 Å². The first kappa shape index (κ1) is 23.3. The monoisotopic (exact) mass is 451 g/mol. The third-order valence-electron chi connectivity index (χ3n) is 3.71. The van der Waals surface area contributed by atoms with Crippen LogP contribution in [0.15, 0.2) is 24.3 Å². The van der Waals surface area contributed by atoms with Crippen molar-refractivity contribution in [1.82, 2.24) is 5.32 Å². The molecular weight excluding hydrogens is 440 g/mol. The van der Waals surface area contributed by atoms with Gasteiger partial charge >= 0.3 is 5.97 Å². The largest absolute Gasteiger partial charge is 0.467 e. The second kappa shape index (κ2) is 9.65. The summed E-state index contributed by atoms with van der Waals surface area (Å²) in [6.07, 6.45) is 0. The first-order valence-electron chi connectivity index (χ1n) is 7.91. The van der Waals surface area contributed by atoms with Crippen molar-refractivity contribution >= 4 is 28.8 Å². The Morgan fingerprint density at radius 2 is 1.37 bits per heavy atom. The van der Waals surface area contributed by atoms with Gasteiger partial charge in [-0.1, -0.05) is 11.8 Å². The normalized spacial score (nSPS) is 11.7. The molecule has 1 N–H and O–H groups in total. The minimum Gasteiger partial charge on any atom is -0.467 e. The molecule has 2 aromatic rings. The maximum Gasteiger partial charge on any atom is 0.329 e. The molecule has 160 valence electrons. The number of rotatable bonds is 6. The minimum atomic E-state index is -1.91. The number of nitrogens with one attached hydrogen (secondary N) is 1. The number of carbonyl (C=O) groups is 3. The van der Waals surface area contributed by atoms with Gasteiger partial charge in [0.1, 0.15) is 6.04 Å². The Balaban J connectivity index is 2.16. The van der Waals surface area contributed by atoms with Crippen LogP contribution in [0.5, 0.6) is 0 Å². The van der Waals surface area contributed by atoms with E-state index < -0.39 is 74.8 Å². The summed E-state index contributed by atoms with van der Waals surface area (Å²) in [6.45, 7) is 0. The number of hydrogen-bond acceptors (Lipinski definition) is 5. The smallest absolute Gasteiger partial charge is 0.329 e. The molecule has 2 rings (SSSR count). The van der Waals surface area contributed by atoms with Gasteiger partial charge in [0.25, 0.3) is 5.91 Å². The molecule has 0 aliphatic heterocycles. The zero-order valence-electron chi connectivity index (χ0n) is 14.9. The molecule has 0 radical (unpaired) electrons. The van der Waals surface area contributed by atoms with Crippen molar-refractivity contribution in [2.75, 3.05) is 12.9 Å². The molecule has 5 nitrogen and oxygen atoms in total. The highest BCUT2D eigenvalue weighted by Crippen LogP contribution is 2.21. The predicted octanol–water partition coefficient (Wildman–Crippen LogP) is 3.37. The molecule has 0 aromatic heterocycles. The van der Waals surface area contributed by atoms with Gasteiger partial charge < -0.3 is 10.1 Å². The fourth-order valence-corrected chi connectivity index (χ4v) is 3.02. The van der Waals surface area contributed by atoms with Crippen LogP contribution in [-0.4, -0.2) is 35.9 Å². The molecule has 0 spiro atoms. The van der Waals surface area contributed by atoms with Crippen LogP contribution < -0.4 is 5.32 Å². The van der Waals surface area contributed by atoms with Crippen molar-refractivity contribution in [3.05, 3.63) is 70.3 Å². The third-order valence-corrected chi connectivity index (χ3v) is 4.69. The van der Waals surface area contributed by atoms with Gasteiger partial charge in [-0.15, -0.1) is 0 Å². The predicted molar refractivity (Wildman–Crippen MR) is 92.7 cm³/mol. The highest BCUT2D eigenvalue weighted by molar-refractivity contribution is 8.14. The van der Waals surface area contributed by atoms with Crippen LogP contribution in [0.4, 0.5) is 26.3 Å². The molecule has 12 heteroatoms. The van der Waals surface area contributed by atoms with Crippen molar-refractivity contribution in [2.24, 2.45) is 0 Å². The van der Waals surface area contributed by atoms with Crippen molar-refractivity contribution in [2.45, 2.75) is 6.04 Å². The lowest BCUT2D eigenvalue weighted by molar-refractivity contribution is -0.142. The summed E-state index contributed by atoms with van der Waals surface area (Å²) in [6, 6.07) is 0.734. The Morgan fingerprint density at radius 3 is 1.90 bits per heavy atom. The van der Waals surface area contributed by atoms with E-state index in [1.807, 2.05) is 5.32 Å². The van der Waals surface area contributed by atoms with E-state index in [-0.39, 0.29) is 11.8 Å². The lowest BCUT2D eigenvalue weighted by Gasteiger charge is -2.16. The molecule has 30 heavy (non-hydrogen) atoms. The Hall–Kier alpha value is -3.02. The number of thioether (sulfide) groups is 1. The van der Waals surface area contributed by atoms with Crippen LogP contribution in [0.25, 0.3) is 0 Å². The average molecular weight is 451 g/mol. The standard InChI is InChI=1S/C18H11F6NO4S/c1-29-17(27)11(25-16(26)7-2-4-9(19)14(23)12(7)21)6-30-18(28)8-3-5-10(20)15(24)13(8)22/h2-5,11H,6H2,1H3,(H,25,26)/t11-/m0/s1. The van der Waals surface area contributed by atoms with Crippen LogP contribution in [0.2, 0.25) is 0 Å². The topological polar surface area (TPSA) is 72.5 Å². The van der Waals surface area contributed by atoms with Crippen LogP contribution in [0, 0.1) is 34.9 Å². The van der Waals surface area contributed by atoms with Gasteiger partial charge in [0.2, 0.25) is 5.12 Å². The zero-order valence-corrected chi connectivity index (χ0v) is 15.7. The molecule has 1 atom stereocenters. The lowest BCUT2D eigenvalue weighted by Crippen LogP contribution is -2.44.